The Kier molecular flexibility index (Phi) is 3.99. The zero-order chi connectivity index (χ0) is 5.98. The molecule has 1 aliphatic rings. The van der Waals surface area contributed by atoms with Gasteiger partial charge < -0.3 is 4.74 Å². The van der Waals surface area contributed by atoms with Gasteiger partial charge in [-0.15, -0.1) is 5.92 Å². The van der Waals surface area contributed by atoms with E-state index in [0.717, 1.165) is 6.42 Å². The van der Waals surface area contributed by atoms with Crippen molar-refractivity contribution >= 4 is 5.97 Å². The Hall–Kier alpha value is 0.0544. The molecule has 1 radical (unpaired) electrons. The van der Waals surface area contributed by atoms with Crippen molar-refractivity contribution in [3.63, 3.8) is 0 Å². The molecule has 0 aromatic heterocycles. The molecule has 1 saturated heterocycles. The summed E-state index contributed by atoms with van der Waals surface area (Å²) in [4.78, 5) is 10.4. The van der Waals surface area contributed by atoms with Crippen molar-refractivity contribution in [2.24, 2.45) is 5.92 Å². The van der Waals surface area contributed by atoms with Crippen LogP contribution in [0.5, 0.6) is 0 Å². The van der Waals surface area contributed by atoms with Crippen LogP contribution in [0.15, 0.2) is 0 Å². The summed E-state index contributed by atoms with van der Waals surface area (Å²) < 4.78 is 4.63. The Balaban J connectivity index is 0.000000640. The van der Waals surface area contributed by atoms with E-state index in [0.29, 0.717) is 12.3 Å². The zero-order valence-corrected chi connectivity index (χ0v) is 6.73. The van der Waals surface area contributed by atoms with E-state index in [4.69, 9.17) is 0 Å². The number of carbonyl (C=O) groups is 1. The predicted molar refractivity (Wildman–Crippen MR) is 28.8 cm³/mol. The maximum Gasteiger partial charge on any atom is 0.274 e. The normalized spacial score (nSPS) is 26.3. The Morgan fingerprint density at radius 1 is 1.78 bits per heavy atom. The number of hydrogen-bond donors (Lipinski definition) is 0. The average Bonchev–Trinajstić information content (AvgIpc) is 1.77. The summed E-state index contributed by atoms with van der Waals surface area (Å²) in [6, 6.07) is 0. The van der Waals surface area contributed by atoms with E-state index >= 15 is 0 Å². The fourth-order valence-electron chi connectivity index (χ4n) is 0.665. The Morgan fingerprint density at radius 2 is 2.44 bits per heavy atom. The van der Waals surface area contributed by atoms with Gasteiger partial charge in [0.25, 0.3) is 5.97 Å². The second-order valence-electron chi connectivity index (χ2n) is 2.14. The number of hydrogen-bond acceptors (Lipinski definition) is 2. The molecule has 0 N–H and O–H groups in total. The molecule has 2 nitrogen and oxygen atoms in total. The van der Waals surface area contributed by atoms with E-state index in [1.807, 2.05) is 6.92 Å². The summed E-state index contributed by atoms with van der Waals surface area (Å²) in [5.41, 5.74) is 0. The number of carbonyl (C=O) groups excluding carboxylic acids is 1. The zero-order valence-electron chi connectivity index (χ0n) is 5.33. The van der Waals surface area contributed by atoms with Crippen molar-refractivity contribution in [3.05, 3.63) is 6.61 Å². The van der Waals surface area contributed by atoms with Crippen LogP contribution in [0.25, 0.3) is 0 Å². The molecule has 1 aliphatic heterocycles. The molecule has 0 unspecified atom stereocenters. The molecule has 9 heavy (non-hydrogen) atoms. The molecule has 1 atom stereocenters. The van der Waals surface area contributed by atoms with Crippen molar-refractivity contribution in [3.8, 4) is 0 Å². The summed E-state index contributed by atoms with van der Waals surface area (Å²) in [7, 11) is 0. The van der Waals surface area contributed by atoms with Crippen LogP contribution in [0.3, 0.4) is 0 Å². The third kappa shape index (κ3) is 2.92. The second kappa shape index (κ2) is 3.96. The van der Waals surface area contributed by atoms with Gasteiger partial charge in [0.05, 0.1) is 0 Å². The molecule has 0 spiro atoms. The van der Waals surface area contributed by atoms with Crippen LogP contribution < -0.4 is 0 Å². The molecule has 0 aromatic carbocycles. The molecule has 3 heteroatoms. The number of rotatable bonds is 0. The number of esters is 1. The molecule has 0 aliphatic carbocycles. The quantitative estimate of drug-likeness (QED) is 0.396. The van der Waals surface area contributed by atoms with Crippen molar-refractivity contribution < 1.29 is 28.1 Å². The predicted octanol–water partition coefficient (Wildman–Crippen LogP) is 1.12. The third-order valence-electron chi connectivity index (χ3n) is 1.24. The molecule has 1 rings (SSSR count). The fourth-order valence-corrected chi connectivity index (χ4v) is 0.665. The molecule has 0 bridgehead atoms. The van der Waals surface area contributed by atoms with Crippen LogP contribution in [-0.2, 0) is 28.1 Å². The molecule has 1 heterocycles. The topological polar surface area (TPSA) is 26.3 Å². The molecular formula is C6H9O2V-. The van der Waals surface area contributed by atoms with E-state index < -0.39 is 0 Å². The first-order chi connectivity index (χ1) is 3.79. The van der Waals surface area contributed by atoms with Gasteiger partial charge in [-0.1, -0.05) is 13.3 Å². The second-order valence-corrected chi connectivity index (χ2v) is 2.14. The number of ether oxygens (including phenoxy) is 1. The van der Waals surface area contributed by atoms with Gasteiger partial charge in [0.1, 0.15) is 0 Å². The summed E-state index contributed by atoms with van der Waals surface area (Å²) in [5, 5.41) is 0. The van der Waals surface area contributed by atoms with Gasteiger partial charge in [-0.3, -0.25) is 4.79 Å². The van der Waals surface area contributed by atoms with Gasteiger partial charge >= 0.3 is 0 Å². The van der Waals surface area contributed by atoms with Crippen molar-refractivity contribution in [1.82, 2.24) is 0 Å². The molecule has 0 aromatic rings. The Morgan fingerprint density at radius 3 is 2.78 bits per heavy atom. The van der Waals surface area contributed by atoms with Crippen LogP contribution in [0.1, 0.15) is 19.8 Å². The van der Waals surface area contributed by atoms with Crippen LogP contribution in [0, 0.1) is 12.5 Å². The van der Waals surface area contributed by atoms with Crippen LogP contribution >= 0.6 is 0 Å². The van der Waals surface area contributed by atoms with E-state index in [1.54, 1.807) is 6.61 Å². The van der Waals surface area contributed by atoms with E-state index in [1.165, 1.54) is 0 Å². The van der Waals surface area contributed by atoms with Crippen molar-refractivity contribution in [1.29, 1.82) is 0 Å². The first-order valence-electron chi connectivity index (χ1n) is 2.82. The summed E-state index contributed by atoms with van der Waals surface area (Å²) >= 11 is 0. The van der Waals surface area contributed by atoms with E-state index in [2.05, 4.69) is 4.74 Å². The first-order valence-corrected chi connectivity index (χ1v) is 2.82. The van der Waals surface area contributed by atoms with Crippen LogP contribution in [0.4, 0.5) is 0 Å². The number of cyclic esters (lactones) is 1. The smallest absolute Gasteiger partial charge is 0.274 e. The largest absolute Gasteiger partial charge is 0.637 e. The third-order valence-corrected chi connectivity index (χ3v) is 1.24. The monoisotopic (exact) mass is 164 g/mol. The fraction of sp³-hybridized carbons (Fsp3) is 0.667. The van der Waals surface area contributed by atoms with Gasteiger partial charge in [-0.2, -0.15) is 6.61 Å². The van der Waals surface area contributed by atoms with Gasteiger partial charge in [-0.25, -0.2) is 0 Å². The summed E-state index contributed by atoms with van der Waals surface area (Å²) in [5.74, 6) is 0.357. The van der Waals surface area contributed by atoms with Crippen molar-refractivity contribution in [2.75, 3.05) is 0 Å². The van der Waals surface area contributed by atoms with E-state index in [-0.39, 0.29) is 24.5 Å². The van der Waals surface area contributed by atoms with Gasteiger partial charge in [0.2, 0.25) is 0 Å². The van der Waals surface area contributed by atoms with Gasteiger partial charge in [0.15, 0.2) is 0 Å². The maximum absolute atomic E-state index is 10.4. The molecule has 51 valence electrons. The minimum Gasteiger partial charge on any atom is -0.637 e. The Labute approximate surface area is 66.8 Å². The van der Waals surface area contributed by atoms with Crippen LogP contribution in [0.2, 0.25) is 0 Å². The molecular weight excluding hydrogens is 155 g/mol. The minimum atomic E-state index is -0.0944. The maximum atomic E-state index is 10.4. The van der Waals surface area contributed by atoms with Crippen LogP contribution in [-0.4, -0.2) is 5.97 Å². The Bertz CT molecular complexity index is 93.2. The van der Waals surface area contributed by atoms with Gasteiger partial charge in [0, 0.05) is 25.0 Å². The summed E-state index contributed by atoms with van der Waals surface area (Å²) in [6.07, 6.45) is 1.52. The first kappa shape index (κ1) is 9.05. The summed E-state index contributed by atoms with van der Waals surface area (Å²) in [6.45, 7) is 3.64. The SMILES string of the molecule is C[C@@H]1[CH-]OC(=O)CC1.[V]. The molecule has 0 amide bonds. The standard InChI is InChI=1S/C6H9O2.V/c1-5-2-3-6(7)8-4-5;/h4-5H,2-3H2,1H3;/q-1;/t5-;/m0./s1. The van der Waals surface area contributed by atoms with E-state index in [9.17, 15) is 4.79 Å². The minimum absolute atomic E-state index is 0. The molecule has 0 saturated carbocycles. The van der Waals surface area contributed by atoms with Crippen molar-refractivity contribution in [2.45, 2.75) is 19.8 Å². The average molecular weight is 164 g/mol. The molecule has 1 fully saturated rings. The van der Waals surface area contributed by atoms with Gasteiger partial charge in [-0.05, 0) is 0 Å².